The molecule has 2 amide bonds. The first-order valence-corrected chi connectivity index (χ1v) is 8.47. The second kappa shape index (κ2) is 8.13. The molecule has 2 aromatic heterocycles. The second-order valence-corrected chi connectivity index (χ2v) is 6.20. The number of anilines is 1. The summed E-state index contributed by atoms with van der Waals surface area (Å²) in [6.45, 7) is 3.22. The van der Waals surface area contributed by atoms with E-state index < -0.39 is 41.5 Å². The Morgan fingerprint density at radius 1 is 1.07 bits per heavy atom. The van der Waals surface area contributed by atoms with Crippen LogP contribution in [0.2, 0.25) is 0 Å². The predicted octanol–water partition coefficient (Wildman–Crippen LogP) is 2.67. The molecule has 0 aliphatic rings. The zero-order valence-electron chi connectivity index (χ0n) is 15.5. The van der Waals surface area contributed by atoms with Gasteiger partial charge in [-0.25, -0.2) is 22.8 Å². The van der Waals surface area contributed by atoms with Crippen molar-refractivity contribution in [1.29, 1.82) is 0 Å². The molecule has 2 heterocycles. The number of amides is 2. The van der Waals surface area contributed by atoms with E-state index in [2.05, 4.69) is 20.7 Å². The number of aromatic nitrogens is 3. The Kier molecular flexibility index (Phi) is 5.62. The smallest absolute Gasteiger partial charge is 0.253 e. The van der Waals surface area contributed by atoms with Crippen molar-refractivity contribution in [3.05, 3.63) is 70.9 Å². The number of hydrogen-bond donors (Lipinski definition) is 2. The van der Waals surface area contributed by atoms with Crippen LogP contribution in [0.1, 0.15) is 21.7 Å². The molecular weight excluding hydrogens is 387 g/mol. The van der Waals surface area contributed by atoms with Crippen molar-refractivity contribution in [2.75, 3.05) is 11.9 Å². The van der Waals surface area contributed by atoms with Crippen LogP contribution in [0.15, 0.2) is 36.5 Å². The summed E-state index contributed by atoms with van der Waals surface area (Å²) in [6, 6.07) is 6.57. The highest BCUT2D eigenvalue weighted by atomic mass is 19.2. The Hall–Kier alpha value is -3.69. The number of benzene rings is 1. The van der Waals surface area contributed by atoms with Crippen LogP contribution in [0.5, 0.6) is 0 Å². The van der Waals surface area contributed by atoms with Crippen LogP contribution >= 0.6 is 0 Å². The third-order valence-corrected chi connectivity index (χ3v) is 3.96. The maximum atomic E-state index is 13.6. The zero-order valence-corrected chi connectivity index (χ0v) is 15.5. The van der Waals surface area contributed by atoms with Crippen LogP contribution in [0.4, 0.5) is 18.9 Å². The summed E-state index contributed by atoms with van der Waals surface area (Å²) in [5.41, 5.74) is 1.38. The van der Waals surface area contributed by atoms with Crippen LogP contribution in [0.25, 0.3) is 5.82 Å². The van der Waals surface area contributed by atoms with Crippen LogP contribution in [-0.2, 0) is 4.79 Å². The molecule has 0 atom stereocenters. The predicted molar refractivity (Wildman–Crippen MR) is 98.1 cm³/mol. The van der Waals surface area contributed by atoms with Crippen LogP contribution < -0.4 is 10.6 Å². The molecule has 7 nitrogen and oxygen atoms in total. The maximum absolute atomic E-state index is 13.6. The minimum absolute atomic E-state index is 0.196. The molecule has 0 spiro atoms. The summed E-state index contributed by atoms with van der Waals surface area (Å²) in [6.07, 6.45) is 1.33. The summed E-state index contributed by atoms with van der Waals surface area (Å²) in [5.74, 6) is -5.45. The number of carbonyl (C=O) groups is 2. The van der Waals surface area contributed by atoms with E-state index in [1.54, 1.807) is 10.7 Å². The summed E-state index contributed by atoms with van der Waals surface area (Å²) < 4.78 is 41.3. The van der Waals surface area contributed by atoms with Gasteiger partial charge in [0, 0.05) is 11.9 Å². The number of hydrogen-bond acceptors (Lipinski definition) is 4. The zero-order chi connectivity index (χ0) is 21.1. The van der Waals surface area contributed by atoms with Gasteiger partial charge in [-0.05, 0) is 44.2 Å². The van der Waals surface area contributed by atoms with E-state index in [0.717, 1.165) is 17.5 Å². The lowest BCUT2D eigenvalue weighted by atomic mass is 10.2. The third kappa shape index (κ3) is 4.42. The molecule has 10 heteroatoms. The van der Waals surface area contributed by atoms with Gasteiger partial charge in [0.1, 0.15) is 0 Å². The molecule has 0 unspecified atom stereocenters. The van der Waals surface area contributed by atoms with Gasteiger partial charge in [0.25, 0.3) is 5.91 Å². The molecule has 0 saturated carbocycles. The fraction of sp³-hybridized carbons (Fsp3) is 0.158. The molecule has 29 heavy (non-hydrogen) atoms. The number of nitrogens with one attached hydrogen (secondary N) is 2. The molecule has 0 saturated heterocycles. The number of nitrogens with zero attached hydrogens (tertiary/aromatic N) is 3. The van der Waals surface area contributed by atoms with Crippen molar-refractivity contribution in [2.45, 2.75) is 13.8 Å². The Bertz CT molecular complexity index is 1080. The quantitative estimate of drug-likeness (QED) is 0.641. The van der Waals surface area contributed by atoms with Crippen molar-refractivity contribution in [3.63, 3.8) is 0 Å². The monoisotopic (exact) mass is 403 g/mol. The van der Waals surface area contributed by atoms with Gasteiger partial charge in [-0.3, -0.25) is 9.59 Å². The Labute approximate surface area is 163 Å². The third-order valence-electron chi connectivity index (χ3n) is 3.96. The first kappa shape index (κ1) is 20.1. The molecule has 0 fully saturated rings. The van der Waals surface area contributed by atoms with Gasteiger partial charge in [0.15, 0.2) is 23.3 Å². The lowest BCUT2D eigenvalue weighted by molar-refractivity contribution is -0.115. The van der Waals surface area contributed by atoms with Gasteiger partial charge < -0.3 is 10.6 Å². The Balaban J connectivity index is 1.60. The topological polar surface area (TPSA) is 88.9 Å². The molecule has 0 bridgehead atoms. The Morgan fingerprint density at radius 2 is 1.83 bits per heavy atom. The van der Waals surface area contributed by atoms with E-state index in [1.165, 1.54) is 12.3 Å². The van der Waals surface area contributed by atoms with Crippen LogP contribution in [0, 0.1) is 31.3 Å². The maximum Gasteiger partial charge on any atom is 0.253 e. The van der Waals surface area contributed by atoms with Crippen molar-refractivity contribution in [2.24, 2.45) is 0 Å². The fourth-order valence-electron chi connectivity index (χ4n) is 2.59. The molecule has 0 radical (unpaired) electrons. The van der Waals surface area contributed by atoms with Gasteiger partial charge in [-0.15, -0.1) is 0 Å². The molecule has 150 valence electrons. The van der Waals surface area contributed by atoms with E-state index >= 15 is 0 Å². The number of aryl methyl sites for hydroxylation is 2. The highest BCUT2D eigenvalue weighted by molar-refractivity contribution is 5.99. The van der Waals surface area contributed by atoms with E-state index in [1.807, 2.05) is 19.9 Å². The average Bonchev–Trinajstić information content (AvgIpc) is 3.04. The number of carbonyl (C=O) groups excluding carboxylic acids is 2. The lowest BCUT2D eigenvalue weighted by Crippen LogP contribution is -2.33. The molecule has 3 rings (SSSR count). The number of rotatable bonds is 5. The normalized spacial score (nSPS) is 10.7. The SMILES string of the molecule is Cc1cc(C)n(-c2ccc(C(=O)NCC(=O)Nc3ccc(F)c(F)c3F)cn2)n1. The number of pyridine rings is 1. The average molecular weight is 403 g/mol. The molecule has 3 aromatic rings. The summed E-state index contributed by atoms with van der Waals surface area (Å²) in [4.78, 5) is 28.2. The second-order valence-electron chi connectivity index (χ2n) is 6.20. The largest absolute Gasteiger partial charge is 0.343 e. The van der Waals surface area contributed by atoms with Crippen molar-refractivity contribution in [3.8, 4) is 5.82 Å². The van der Waals surface area contributed by atoms with Gasteiger partial charge >= 0.3 is 0 Å². The fourth-order valence-corrected chi connectivity index (χ4v) is 2.59. The van der Waals surface area contributed by atoms with E-state index in [0.29, 0.717) is 11.9 Å². The lowest BCUT2D eigenvalue weighted by Gasteiger charge is -2.09. The first-order chi connectivity index (χ1) is 13.8. The van der Waals surface area contributed by atoms with E-state index in [9.17, 15) is 22.8 Å². The highest BCUT2D eigenvalue weighted by Gasteiger charge is 2.16. The van der Waals surface area contributed by atoms with Crippen molar-refractivity contribution in [1.82, 2.24) is 20.1 Å². The molecular formula is C19H16F3N5O2. The Morgan fingerprint density at radius 3 is 2.45 bits per heavy atom. The van der Waals surface area contributed by atoms with Gasteiger partial charge in [0.05, 0.1) is 23.5 Å². The first-order valence-electron chi connectivity index (χ1n) is 8.47. The molecule has 1 aromatic carbocycles. The number of halogens is 3. The van der Waals surface area contributed by atoms with Crippen LogP contribution in [0.3, 0.4) is 0 Å². The molecule has 0 aliphatic carbocycles. The summed E-state index contributed by atoms with van der Waals surface area (Å²) in [7, 11) is 0. The van der Waals surface area contributed by atoms with E-state index in [4.69, 9.17) is 0 Å². The van der Waals surface area contributed by atoms with Gasteiger partial charge in [-0.1, -0.05) is 0 Å². The van der Waals surface area contributed by atoms with Crippen molar-refractivity contribution >= 4 is 17.5 Å². The van der Waals surface area contributed by atoms with Crippen molar-refractivity contribution < 1.29 is 22.8 Å². The van der Waals surface area contributed by atoms with Gasteiger partial charge in [-0.2, -0.15) is 5.10 Å². The summed E-state index contributed by atoms with van der Waals surface area (Å²) >= 11 is 0. The summed E-state index contributed by atoms with van der Waals surface area (Å²) in [5, 5.41) is 8.69. The standard InChI is InChI=1S/C19H16F3N5O2/c1-10-7-11(2)27(26-10)15-6-3-12(8-23-15)19(29)24-9-16(28)25-14-5-4-13(20)17(21)18(14)22/h3-8H,9H2,1-2H3,(H,24,29)(H,25,28). The highest BCUT2D eigenvalue weighted by Crippen LogP contribution is 2.19. The minimum atomic E-state index is -1.69. The molecule has 2 N–H and O–H groups in total. The van der Waals surface area contributed by atoms with Crippen LogP contribution in [-0.4, -0.2) is 33.1 Å². The van der Waals surface area contributed by atoms with E-state index in [-0.39, 0.29) is 5.56 Å². The minimum Gasteiger partial charge on any atom is -0.343 e. The van der Waals surface area contributed by atoms with Gasteiger partial charge in [0.2, 0.25) is 5.91 Å². The molecule has 0 aliphatic heterocycles.